The molecule has 1 saturated carbocycles. The molecule has 0 bridgehead atoms. The van der Waals surface area contributed by atoms with Gasteiger partial charge in [-0.15, -0.1) is 0 Å². The van der Waals surface area contributed by atoms with Gasteiger partial charge in [-0.25, -0.2) is 4.79 Å². The molecule has 0 aromatic carbocycles. The van der Waals surface area contributed by atoms with E-state index in [-0.39, 0.29) is 12.1 Å². The van der Waals surface area contributed by atoms with Gasteiger partial charge in [0.25, 0.3) is 0 Å². The Morgan fingerprint density at radius 3 is 2.57 bits per heavy atom. The van der Waals surface area contributed by atoms with Crippen LogP contribution in [0, 0.1) is 5.41 Å². The molecule has 0 heterocycles. The van der Waals surface area contributed by atoms with Crippen LogP contribution in [0.3, 0.4) is 0 Å². The molecule has 1 rings (SSSR count). The van der Waals surface area contributed by atoms with E-state index in [4.69, 9.17) is 4.74 Å². The molecule has 0 saturated heterocycles. The lowest BCUT2D eigenvalue weighted by atomic mass is 9.85. The summed E-state index contributed by atoms with van der Waals surface area (Å²) in [6.45, 7) is 13.2. The molecule has 1 aliphatic carbocycles. The molecule has 4 heteroatoms. The summed E-state index contributed by atoms with van der Waals surface area (Å²) in [6, 6.07) is 0.658. The van der Waals surface area contributed by atoms with E-state index >= 15 is 0 Å². The SMILES string of the molecule is CC(CNC1CCCC(C)(C)CC1)NC(=O)OC(C)(C)C. The van der Waals surface area contributed by atoms with E-state index < -0.39 is 5.60 Å². The molecule has 0 spiro atoms. The van der Waals surface area contributed by atoms with Gasteiger partial charge in [0.2, 0.25) is 0 Å². The molecule has 124 valence electrons. The van der Waals surface area contributed by atoms with E-state index in [1.54, 1.807) is 0 Å². The minimum absolute atomic E-state index is 0.0797. The van der Waals surface area contributed by atoms with Gasteiger partial charge in [-0.1, -0.05) is 20.3 Å². The zero-order chi connectivity index (χ0) is 16.1. The summed E-state index contributed by atoms with van der Waals surface area (Å²) in [5.74, 6) is 0. The number of hydrogen-bond donors (Lipinski definition) is 2. The Bertz CT molecular complexity index is 334. The van der Waals surface area contributed by atoms with Crippen LogP contribution in [0.5, 0.6) is 0 Å². The first kappa shape index (κ1) is 18.3. The van der Waals surface area contributed by atoms with E-state index in [0.717, 1.165) is 6.54 Å². The Morgan fingerprint density at radius 2 is 1.95 bits per heavy atom. The highest BCUT2D eigenvalue weighted by Crippen LogP contribution is 2.33. The Balaban J connectivity index is 2.26. The van der Waals surface area contributed by atoms with Gasteiger partial charge in [0.1, 0.15) is 5.60 Å². The molecule has 4 nitrogen and oxygen atoms in total. The maximum absolute atomic E-state index is 11.7. The Labute approximate surface area is 130 Å². The molecule has 2 N–H and O–H groups in total. The third kappa shape index (κ3) is 8.30. The van der Waals surface area contributed by atoms with E-state index in [0.29, 0.717) is 11.5 Å². The van der Waals surface area contributed by atoms with Crippen molar-refractivity contribution in [2.45, 2.75) is 91.3 Å². The number of alkyl carbamates (subject to hydrolysis) is 1. The summed E-state index contributed by atoms with van der Waals surface area (Å²) in [7, 11) is 0. The van der Waals surface area contributed by atoms with Crippen molar-refractivity contribution in [1.82, 2.24) is 10.6 Å². The lowest BCUT2D eigenvalue weighted by Crippen LogP contribution is -2.44. The van der Waals surface area contributed by atoms with Crippen molar-refractivity contribution in [3.8, 4) is 0 Å². The van der Waals surface area contributed by atoms with Crippen molar-refractivity contribution in [3.63, 3.8) is 0 Å². The monoisotopic (exact) mass is 298 g/mol. The topological polar surface area (TPSA) is 50.4 Å². The zero-order valence-electron chi connectivity index (χ0n) is 14.7. The number of hydrogen-bond acceptors (Lipinski definition) is 3. The first-order chi connectivity index (χ1) is 9.57. The second-order valence-corrected chi connectivity index (χ2v) is 8.25. The minimum atomic E-state index is -0.440. The van der Waals surface area contributed by atoms with Crippen molar-refractivity contribution >= 4 is 6.09 Å². The number of carbonyl (C=O) groups excluding carboxylic acids is 1. The van der Waals surface area contributed by atoms with Crippen LogP contribution in [-0.4, -0.2) is 30.3 Å². The van der Waals surface area contributed by atoms with Crippen LogP contribution in [0.1, 0.15) is 73.6 Å². The molecule has 1 aliphatic rings. The van der Waals surface area contributed by atoms with E-state index in [1.165, 1.54) is 32.1 Å². The smallest absolute Gasteiger partial charge is 0.407 e. The van der Waals surface area contributed by atoms with Gasteiger partial charge in [-0.2, -0.15) is 0 Å². The molecular formula is C17H34N2O2. The Hall–Kier alpha value is -0.770. The maximum Gasteiger partial charge on any atom is 0.407 e. The molecular weight excluding hydrogens is 264 g/mol. The van der Waals surface area contributed by atoms with Crippen LogP contribution >= 0.6 is 0 Å². The van der Waals surface area contributed by atoms with Crippen LogP contribution in [0.4, 0.5) is 4.79 Å². The van der Waals surface area contributed by atoms with E-state index in [1.807, 2.05) is 27.7 Å². The summed E-state index contributed by atoms with van der Waals surface area (Å²) in [4.78, 5) is 11.7. The lowest BCUT2D eigenvalue weighted by molar-refractivity contribution is 0.0507. The number of nitrogens with one attached hydrogen (secondary N) is 2. The highest BCUT2D eigenvalue weighted by molar-refractivity contribution is 5.68. The predicted molar refractivity (Wildman–Crippen MR) is 87.5 cm³/mol. The molecule has 0 aromatic rings. The fourth-order valence-corrected chi connectivity index (χ4v) is 2.77. The normalized spacial score (nSPS) is 24.0. The highest BCUT2D eigenvalue weighted by Gasteiger charge is 2.24. The molecule has 2 unspecified atom stereocenters. The summed E-state index contributed by atoms with van der Waals surface area (Å²) < 4.78 is 5.27. The third-order valence-corrected chi connectivity index (χ3v) is 4.05. The fourth-order valence-electron chi connectivity index (χ4n) is 2.77. The van der Waals surface area contributed by atoms with Crippen LogP contribution in [0.25, 0.3) is 0 Å². The molecule has 0 aromatic heterocycles. The van der Waals surface area contributed by atoms with Gasteiger partial charge in [0.15, 0.2) is 0 Å². The van der Waals surface area contributed by atoms with E-state index in [9.17, 15) is 4.79 Å². The number of rotatable bonds is 4. The average Bonchev–Trinajstić information content (AvgIpc) is 2.45. The van der Waals surface area contributed by atoms with Crippen molar-refractivity contribution in [2.75, 3.05) is 6.54 Å². The quantitative estimate of drug-likeness (QED) is 0.775. The predicted octanol–water partition coefficient (Wildman–Crippen LogP) is 3.85. The minimum Gasteiger partial charge on any atom is -0.444 e. The van der Waals surface area contributed by atoms with Crippen molar-refractivity contribution in [3.05, 3.63) is 0 Å². The maximum atomic E-state index is 11.7. The Morgan fingerprint density at radius 1 is 1.29 bits per heavy atom. The van der Waals surface area contributed by atoms with Crippen molar-refractivity contribution < 1.29 is 9.53 Å². The molecule has 0 aliphatic heterocycles. The number of carbonyl (C=O) groups is 1. The van der Waals surface area contributed by atoms with Crippen molar-refractivity contribution in [1.29, 1.82) is 0 Å². The van der Waals surface area contributed by atoms with Gasteiger partial charge in [-0.3, -0.25) is 0 Å². The first-order valence-corrected chi connectivity index (χ1v) is 8.30. The largest absolute Gasteiger partial charge is 0.444 e. The average molecular weight is 298 g/mol. The molecule has 1 fully saturated rings. The molecule has 1 amide bonds. The summed E-state index contributed by atoms with van der Waals surface area (Å²) >= 11 is 0. The van der Waals surface area contributed by atoms with Gasteiger partial charge in [-0.05, 0) is 58.8 Å². The Kier molecular flexibility index (Phi) is 6.51. The molecule has 21 heavy (non-hydrogen) atoms. The fraction of sp³-hybridized carbons (Fsp3) is 0.941. The zero-order valence-corrected chi connectivity index (χ0v) is 14.7. The third-order valence-electron chi connectivity index (χ3n) is 4.05. The standard InChI is InChI=1S/C17H34N2O2/c1-13(19-15(20)21-16(2,3)4)12-18-14-8-7-10-17(5,6)11-9-14/h13-14,18H,7-12H2,1-6H3,(H,19,20). The summed E-state index contributed by atoms with van der Waals surface area (Å²) in [5, 5.41) is 6.48. The van der Waals surface area contributed by atoms with Gasteiger partial charge >= 0.3 is 6.09 Å². The van der Waals surface area contributed by atoms with Crippen LogP contribution in [0.15, 0.2) is 0 Å². The number of amides is 1. The highest BCUT2D eigenvalue weighted by atomic mass is 16.6. The molecule has 0 radical (unpaired) electrons. The van der Waals surface area contributed by atoms with Gasteiger partial charge in [0.05, 0.1) is 0 Å². The van der Waals surface area contributed by atoms with Crippen LogP contribution in [0.2, 0.25) is 0 Å². The lowest BCUT2D eigenvalue weighted by Gasteiger charge is -2.24. The first-order valence-electron chi connectivity index (χ1n) is 8.30. The van der Waals surface area contributed by atoms with Crippen LogP contribution < -0.4 is 10.6 Å². The second kappa shape index (κ2) is 7.48. The van der Waals surface area contributed by atoms with Gasteiger partial charge < -0.3 is 15.4 Å². The second-order valence-electron chi connectivity index (χ2n) is 8.25. The summed E-state index contributed by atoms with van der Waals surface area (Å²) in [5.41, 5.74) is 0.0426. The van der Waals surface area contributed by atoms with Crippen LogP contribution in [-0.2, 0) is 4.74 Å². The van der Waals surface area contributed by atoms with E-state index in [2.05, 4.69) is 24.5 Å². The van der Waals surface area contributed by atoms with Crippen molar-refractivity contribution in [2.24, 2.45) is 5.41 Å². The van der Waals surface area contributed by atoms with Gasteiger partial charge in [0, 0.05) is 18.6 Å². The summed E-state index contributed by atoms with van der Waals surface area (Å²) in [6.07, 6.45) is 6.02. The molecule has 2 atom stereocenters. The number of ether oxygens (including phenoxy) is 1.